The highest BCUT2D eigenvalue weighted by Crippen LogP contribution is 2.26. The number of anilines is 1. The van der Waals surface area contributed by atoms with Crippen molar-refractivity contribution in [2.75, 3.05) is 31.6 Å². The molecule has 0 aliphatic carbocycles. The molecular formula is C17H26N2O2. The molecule has 1 aromatic rings. The standard InChI is InChI=1S/C17H26N2O2/c1-13-8-14(2)10-19(9-13)16-6-4-15(5-7-16)11-18(3)12-17(20)21/h4-7,13-14H,8-12H2,1-3H3,(H,20,21). The van der Waals surface area contributed by atoms with Gasteiger partial charge in [0.1, 0.15) is 0 Å². The number of benzene rings is 1. The second kappa shape index (κ2) is 6.94. The third-order valence-electron chi connectivity index (χ3n) is 4.03. The van der Waals surface area contributed by atoms with E-state index >= 15 is 0 Å². The molecule has 1 fully saturated rings. The molecule has 1 aliphatic heterocycles. The van der Waals surface area contributed by atoms with Gasteiger partial charge in [0.25, 0.3) is 0 Å². The topological polar surface area (TPSA) is 43.8 Å². The second-order valence-electron chi connectivity index (χ2n) is 6.58. The molecule has 0 radical (unpaired) electrons. The van der Waals surface area contributed by atoms with E-state index in [0.717, 1.165) is 30.5 Å². The van der Waals surface area contributed by atoms with E-state index in [4.69, 9.17) is 5.11 Å². The van der Waals surface area contributed by atoms with Crippen molar-refractivity contribution in [1.29, 1.82) is 0 Å². The van der Waals surface area contributed by atoms with Crippen molar-refractivity contribution in [3.63, 3.8) is 0 Å². The number of carbonyl (C=O) groups is 1. The molecule has 0 amide bonds. The fourth-order valence-corrected chi connectivity index (χ4v) is 3.28. The van der Waals surface area contributed by atoms with Crippen molar-refractivity contribution in [1.82, 2.24) is 4.90 Å². The number of likely N-dealkylation sites (N-methyl/N-ethyl adjacent to an activating group) is 1. The van der Waals surface area contributed by atoms with Crippen LogP contribution in [0.15, 0.2) is 24.3 Å². The summed E-state index contributed by atoms with van der Waals surface area (Å²) < 4.78 is 0. The molecule has 2 rings (SSSR count). The maximum Gasteiger partial charge on any atom is 0.317 e. The van der Waals surface area contributed by atoms with Crippen LogP contribution >= 0.6 is 0 Å². The van der Waals surface area contributed by atoms with Crippen LogP contribution in [0.3, 0.4) is 0 Å². The quantitative estimate of drug-likeness (QED) is 0.905. The summed E-state index contributed by atoms with van der Waals surface area (Å²) in [6.45, 7) is 7.63. The second-order valence-corrected chi connectivity index (χ2v) is 6.58. The summed E-state index contributed by atoms with van der Waals surface area (Å²) in [6.07, 6.45) is 1.31. The van der Waals surface area contributed by atoms with E-state index in [-0.39, 0.29) is 6.54 Å². The Labute approximate surface area is 127 Å². The van der Waals surface area contributed by atoms with Crippen molar-refractivity contribution in [2.24, 2.45) is 11.8 Å². The van der Waals surface area contributed by atoms with Crippen LogP contribution in [0.5, 0.6) is 0 Å². The Hall–Kier alpha value is -1.55. The number of rotatable bonds is 5. The lowest BCUT2D eigenvalue weighted by molar-refractivity contribution is -0.138. The van der Waals surface area contributed by atoms with E-state index in [1.807, 2.05) is 11.9 Å². The smallest absolute Gasteiger partial charge is 0.317 e. The van der Waals surface area contributed by atoms with Crippen LogP contribution in [-0.4, -0.2) is 42.7 Å². The summed E-state index contributed by atoms with van der Waals surface area (Å²) in [5, 5.41) is 8.78. The molecule has 116 valence electrons. The minimum atomic E-state index is -0.787. The molecule has 4 heteroatoms. The maximum atomic E-state index is 10.7. The number of aliphatic carboxylic acids is 1. The number of hydrogen-bond acceptors (Lipinski definition) is 3. The van der Waals surface area contributed by atoms with Crippen LogP contribution in [0.2, 0.25) is 0 Å². The summed E-state index contributed by atoms with van der Waals surface area (Å²) in [7, 11) is 1.83. The molecule has 1 aliphatic rings. The predicted octanol–water partition coefficient (Wildman–Crippen LogP) is 2.69. The number of piperidine rings is 1. The molecule has 0 bridgehead atoms. The SMILES string of the molecule is CC1CC(C)CN(c2ccc(CN(C)CC(=O)O)cc2)C1. The molecule has 1 saturated heterocycles. The van der Waals surface area contributed by atoms with Gasteiger partial charge in [0.15, 0.2) is 0 Å². The minimum absolute atomic E-state index is 0.0723. The van der Waals surface area contributed by atoms with Crippen LogP contribution in [0.1, 0.15) is 25.8 Å². The molecular weight excluding hydrogens is 264 g/mol. The van der Waals surface area contributed by atoms with Gasteiger partial charge < -0.3 is 10.0 Å². The van der Waals surface area contributed by atoms with Crippen LogP contribution in [0.4, 0.5) is 5.69 Å². The number of hydrogen-bond donors (Lipinski definition) is 1. The van der Waals surface area contributed by atoms with Crippen molar-refractivity contribution < 1.29 is 9.90 Å². The first-order valence-electron chi connectivity index (χ1n) is 7.68. The lowest BCUT2D eigenvalue weighted by Gasteiger charge is -2.36. The largest absolute Gasteiger partial charge is 0.480 e. The zero-order valence-electron chi connectivity index (χ0n) is 13.2. The Morgan fingerprint density at radius 2 is 1.81 bits per heavy atom. The van der Waals surface area contributed by atoms with Gasteiger partial charge in [-0.3, -0.25) is 9.69 Å². The summed E-state index contributed by atoms with van der Waals surface area (Å²) >= 11 is 0. The van der Waals surface area contributed by atoms with E-state index < -0.39 is 5.97 Å². The van der Waals surface area contributed by atoms with Crippen LogP contribution in [0.25, 0.3) is 0 Å². The van der Waals surface area contributed by atoms with E-state index in [9.17, 15) is 4.79 Å². The number of nitrogens with zero attached hydrogens (tertiary/aromatic N) is 2. The van der Waals surface area contributed by atoms with Gasteiger partial charge in [-0.1, -0.05) is 26.0 Å². The average Bonchev–Trinajstić information content (AvgIpc) is 2.37. The first-order chi connectivity index (χ1) is 9.94. The molecule has 21 heavy (non-hydrogen) atoms. The molecule has 1 aromatic carbocycles. The van der Waals surface area contributed by atoms with E-state index in [1.54, 1.807) is 0 Å². The van der Waals surface area contributed by atoms with Gasteiger partial charge in [-0.25, -0.2) is 0 Å². The number of carboxylic acid groups (broad SMARTS) is 1. The third-order valence-corrected chi connectivity index (χ3v) is 4.03. The summed E-state index contributed by atoms with van der Waals surface area (Å²) in [5.74, 6) is 0.704. The monoisotopic (exact) mass is 290 g/mol. The summed E-state index contributed by atoms with van der Waals surface area (Å²) in [4.78, 5) is 14.9. The third kappa shape index (κ3) is 4.74. The van der Waals surface area contributed by atoms with Crippen LogP contribution in [-0.2, 0) is 11.3 Å². The highest BCUT2D eigenvalue weighted by Gasteiger charge is 2.21. The van der Waals surface area contributed by atoms with Gasteiger partial charge in [-0.2, -0.15) is 0 Å². The molecule has 0 spiro atoms. The molecule has 1 heterocycles. The fraction of sp³-hybridized carbons (Fsp3) is 0.588. The Bertz CT molecular complexity index is 462. The van der Waals surface area contributed by atoms with Crippen molar-refractivity contribution in [3.05, 3.63) is 29.8 Å². The molecule has 0 aromatic heterocycles. The highest BCUT2D eigenvalue weighted by atomic mass is 16.4. The summed E-state index contributed by atoms with van der Waals surface area (Å²) in [5.41, 5.74) is 2.43. The van der Waals surface area contributed by atoms with Gasteiger partial charge in [0, 0.05) is 25.3 Å². The maximum absolute atomic E-state index is 10.7. The highest BCUT2D eigenvalue weighted by molar-refractivity contribution is 5.69. The Morgan fingerprint density at radius 1 is 1.24 bits per heavy atom. The van der Waals surface area contributed by atoms with Gasteiger partial charge in [-0.05, 0) is 43.0 Å². The first-order valence-corrected chi connectivity index (χ1v) is 7.68. The molecule has 0 saturated carbocycles. The Morgan fingerprint density at radius 3 is 2.33 bits per heavy atom. The van der Waals surface area contributed by atoms with Crippen LogP contribution < -0.4 is 4.90 Å². The van der Waals surface area contributed by atoms with E-state index in [2.05, 4.69) is 43.0 Å². The Kier molecular flexibility index (Phi) is 5.23. The fourth-order valence-electron chi connectivity index (χ4n) is 3.28. The van der Waals surface area contributed by atoms with Gasteiger partial charge >= 0.3 is 5.97 Å². The molecule has 2 atom stereocenters. The van der Waals surface area contributed by atoms with Crippen molar-refractivity contribution in [2.45, 2.75) is 26.8 Å². The van der Waals surface area contributed by atoms with Gasteiger partial charge in [0.2, 0.25) is 0 Å². The normalized spacial score (nSPS) is 22.6. The Balaban J connectivity index is 1.97. The van der Waals surface area contributed by atoms with Crippen LogP contribution in [0, 0.1) is 11.8 Å². The number of carboxylic acids is 1. The van der Waals surface area contributed by atoms with E-state index in [0.29, 0.717) is 6.54 Å². The van der Waals surface area contributed by atoms with Crippen molar-refractivity contribution in [3.8, 4) is 0 Å². The van der Waals surface area contributed by atoms with E-state index in [1.165, 1.54) is 12.1 Å². The predicted molar refractivity (Wildman–Crippen MR) is 85.6 cm³/mol. The lowest BCUT2D eigenvalue weighted by atomic mass is 9.91. The molecule has 2 unspecified atom stereocenters. The van der Waals surface area contributed by atoms with Gasteiger partial charge in [0.05, 0.1) is 6.54 Å². The zero-order chi connectivity index (χ0) is 15.4. The zero-order valence-corrected chi connectivity index (χ0v) is 13.2. The van der Waals surface area contributed by atoms with Gasteiger partial charge in [-0.15, -0.1) is 0 Å². The average molecular weight is 290 g/mol. The lowest BCUT2D eigenvalue weighted by Crippen LogP contribution is -2.38. The molecule has 4 nitrogen and oxygen atoms in total. The molecule has 1 N–H and O–H groups in total. The summed E-state index contributed by atoms with van der Waals surface area (Å²) in [6, 6.07) is 8.54. The van der Waals surface area contributed by atoms with Crippen molar-refractivity contribution >= 4 is 11.7 Å². The first kappa shape index (κ1) is 15.8. The minimum Gasteiger partial charge on any atom is -0.480 e.